The van der Waals surface area contributed by atoms with E-state index >= 15 is 0 Å². The zero-order chi connectivity index (χ0) is 21.5. The quantitative estimate of drug-likeness (QED) is 0.372. The lowest BCUT2D eigenvalue weighted by atomic mass is 10.2. The number of rotatable bonds is 5. The van der Waals surface area contributed by atoms with E-state index in [1.165, 1.54) is 7.11 Å². The van der Waals surface area contributed by atoms with Gasteiger partial charge in [0.15, 0.2) is 0 Å². The predicted molar refractivity (Wildman–Crippen MR) is 121 cm³/mol. The summed E-state index contributed by atoms with van der Waals surface area (Å²) in [6.07, 6.45) is 0. The average molecular weight is 445 g/mol. The second-order valence-electron chi connectivity index (χ2n) is 6.09. The molecular weight excluding hydrogens is 427 g/mol. The molecule has 0 heterocycles. The van der Waals surface area contributed by atoms with Gasteiger partial charge in [-0.2, -0.15) is 0 Å². The van der Waals surface area contributed by atoms with E-state index in [0.29, 0.717) is 38.5 Å². The molecule has 0 aliphatic heterocycles. The monoisotopic (exact) mass is 444 g/mol. The summed E-state index contributed by atoms with van der Waals surface area (Å²) < 4.78 is 5.28. The molecule has 4 N–H and O–H groups in total. The van der Waals surface area contributed by atoms with Crippen molar-refractivity contribution in [3.05, 3.63) is 76.8 Å². The molecular formula is C21H18Cl2N4O3. The second kappa shape index (κ2) is 9.87. The first-order valence-electron chi connectivity index (χ1n) is 8.78. The van der Waals surface area contributed by atoms with Crippen LogP contribution in [0.15, 0.2) is 66.7 Å². The van der Waals surface area contributed by atoms with Crippen LogP contribution < -0.4 is 26.0 Å². The molecule has 0 fully saturated rings. The lowest BCUT2D eigenvalue weighted by Crippen LogP contribution is -2.21. The Morgan fingerprint density at radius 1 is 0.700 bits per heavy atom. The van der Waals surface area contributed by atoms with Crippen molar-refractivity contribution in [2.75, 3.05) is 28.4 Å². The van der Waals surface area contributed by atoms with E-state index in [9.17, 15) is 9.59 Å². The molecule has 0 spiro atoms. The highest BCUT2D eigenvalue weighted by Gasteiger charge is 2.11. The van der Waals surface area contributed by atoms with E-state index in [1.54, 1.807) is 66.7 Å². The van der Waals surface area contributed by atoms with Crippen LogP contribution in [0.5, 0.6) is 5.75 Å². The van der Waals surface area contributed by atoms with Crippen LogP contribution in [-0.2, 0) is 0 Å². The number of carbonyl (C=O) groups excluding carboxylic acids is 2. The summed E-state index contributed by atoms with van der Waals surface area (Å²) in [5, 5.41) is 11.8. The number of nitrogens with one attached hydrogen (secondary N) is 4. The molecule has 9 heteroatoms. The van der Waals surface area contributed by atoms with E-state index in [4.69, 9.17) is 27.9 Å². The number of benzene rings is 3. The molecule has 0 saturated heterocycles. The van der Waals surface area contributed by atoms with Gasteiger partial charge in [0.05, 0.1) is 12.8 Å². The summed E-state index contributed by atoms with van der Waals surface area (Å²) in [6.45, 7) is 0. The Hall–Kier alpha value is -3.42. The molecule has 0 unspecified atom stereocenters. The molecule has 7 nitrogen and oxygen atoms in total. The van der Waals surface area contributed by atoms with Gasteiger partial charge in [0.2, 0.25) is 0 Å². The summed E-state index contributed by atoms with van der Waals surface area (Å²) in [5.74, 6) is 0.428. The number of carbonyl (C=O) groups is 2. The summed E-state index contributed by atoms with van der Waals surface area (Å²) in [7, 11) is 1.48. The van der Waals surface area contributed by atoms with Crippen molar-refractivity contribution in [2.45, 2.75) is 0 Å². The van der Waals surface area contributed by atoms with E-state index in [-0.39, 0.29) is 0 Å². The van der Waals surface area contributed by atoms with Gasteiger partial charge in [0.1, 0.15) is 5.75 Å². The number of hydrogen-bond donors (Lipinski definition) is 4. The van der Waals surface area contributed by atoms with Crippen LogP contribution >= 0.6 is 23.2 Å². The van der Waals surface area contributed by atoms with Gasteiger partial charge in [-0.1, -0.05) is 35.3 Å². The van der Waals surface area contributed by atoms with Crippen LogP contribution in [0.3, 0.4) is 0 Å². The maximum absolute atomic E-state index is 12.3. The van der Waals surface area contributed by atoms with Gasteiger partial charge in [-0.25, -0.2) is 9.59 Å². The molecule has 154 valence electrons. The van der Waals surface area contributed by atoms with E-state index < -0.39 is 12.1 Å². The minimum absolute atomic E-state index is 0.373. The Morgan fingerprint density at radius 2 is 1.20 bits per heavy atom. The zero-order valence-electron chi connectivity index (χ0n) is 15.8. The third kappa shape index (κ3) is 6.04. The molecule has 0 aromatic heterocycles. The van der Waals surface area contributed by atoms with Crippen LogP contribution in [0.4, 0.5) is 32.3 Å². The van der Waals surface area contributed by atoms with Crippen LogP contribution in [0.2, 0.25) is 10.0 Å². The molecule has 3 aromatic carbocycles. The lowest BCUT2D eigenvalue weighted by molar-refractivity contribution is 0.261. The van der Waals surface area contributed by atoms with Gasteiger partial charge >= 0.3 is 12.1 Å². The van der Waals surface area contributed by atoms with Crippen LogP contribution in [-0.4, -0.2) is 19.2 Å². The van der Waals surface area contributed by atoms with Gasteiger partial charge in [0, 0.05) is 27.1 Å². The van der Waals surface area contributed by atoms with Crippen LogP contribution in [0.1, 0.15) is 0 Å². The molecule has 0 radical (unpaired) electrons. The van der Waals surface area contributed by atoms with Gasteiger partial charge in [-0.3, -0.25) is 0 Å². The van der Waals surface area contributed by atoms with Gasteiger partial charge in [-0.05, 0) is 54.6 Å². The van der Waals surface area contributed by atoms with Gasteiger partial charge in [0.25, 0.3) is 0 Å². The standard InChI is InChI=1S/C21H18Cl2N4O3/c1-30-19-9-8-17(26-20(28)24-15-6-2-4-13(22)10-15)12-18(19)27-21(29)25-16-7-3-5-14(23)11-16/h2-12H,1H3,(H2,24,26,28)(H2,25,27,29). The Kier molecular flexibility index (Phi) is 7.00. The molecule has 0 atom stereocenters. The Bertz CT molecular complexity index is 1080. The van der Waals surface area contributed by atoms with Gasteiger partial charge in [-0.15, -0.1) is 0 Å². The van der Waals surface area contributed by atoms with Crippen molar-refractivity contribution in [1.29, 1.82) is 0 Å². The molecule has 3 aromatic rings. The summed E-state index contributed by atoms with van der Waals surface area (Å²) in [4.78, 5) is 24.6. The number of hydrogen-bond acceptors (Lipinski definition) is 3. The summed E-state index contributed by atoms with van der Waals surface area (Å²) in [6, 6.07) is 17.4. The van der Waals surface area contributed by atoms with Crippen molar-refractivity contribution in [2.24, 2.45) is 0 Å². The molecule has 0 saturated carbocycles. The Balaban J connectivity index is 1.68. The number of halogens is 2. The average Bonchev–Trinajstić information content (AvgIpc) is 2.68. The fourth-order valence-electron chi connectivity index (χ4n) is 2.59. The number of methoxy groups -OCH3 is 1. The van der Waals surface area contributed by atoms with Crippen LogP contribution in [0.25, 0.3) is 0 Å². The molecule has 0 bridgehead atoms. The lowest BCUT2D eigenvalue weighted by Gasteiger charge is -2.14. The molecule has 4 amide bonds. The highest BCUT2D eigenvalue weighted by molar-refractivity contribution is 6.31. The maximum Gasteiger partial charge on any atom is 0.323 e. The topological polar surface area (TPSA) is 91.5 Å². The molecule has 0 aliphatic rings. The highest BCUT2D eigenvalue weighted by atomic mass is 35.5. The van der Waals surface area contributed by atoms with E-state index in [2.05, 4.69) is 21.3 Å². The first-order chi connectivity index (χ1) is 14.4. The number of urea groups is 2. The normalized spacial score (nSPS) is 10.1. The third-order valence-electron chi connectivity index (χ3n) is 3.87. The Labute approximate surface area is 183 Å². The summed E-state index contributed by atoms with van der Waals surface area (Å²) in [5.41, 5.74) is 1.91. The number of ether oxygens (including phenoxy) is 1. The van der Waals surface area contributed by atoms with E-state index in [1.807, 2.05) is 0 Å². The van der Waals surface area contributed by atoms with Gasteiger partial charge < -0.3 is 26.0 Å². The minimum atomic E-state index is -0.490. The number of amides is 4. The molecule has 30 heavy (non-hydrogen) atoms. The zero-order valence-corrected chi connectivity index (χ0v) is 17.3. The van der Waals surface area contributed by atoms with Crippen molar-refractivity contribution in [3.63, 3.8) is 0 Å². The molecule has 0 aliphatic carbocycles. The molecule has 3 rings (SSSR count). The van der Waals surface area contributed by atoms with Crippen molar-refractivity contribution in [3.8, 4) is 5.75 Å². The van der Waals surface area contributed by atoms with Crippen molar-refractivity contribution < 1.29 is 14.3 Å². The third-order valence-corrected chi connectivity index (χ3v) is 4.34. The minimum Gasteiger partial charge on any atom is -0.495 e. The summed E-state index contributed by atoms with van der Waals surface area (Å²) >= 11 is 11.8. The second-order valence-corrected chi connectivity index (χ2v) is 6.97. The SMILES string of the molecule is COc1ccc(NC(=O)Nc2cccc(Cl)c2)cc1NC(=O)Nc1cccc(Cl)c1. The fourth-order valence-corrected chi connectivity index (χ4v) is 2.97. The fraction of sp³-hybridized carbons (Fsp3) is 0.0476. The largest absolute Gasteiger partial charge is 0.495 e. The van der Waals surface area contributed by atoms with E-state index in [0.717, 1.165) is 0 Å². The first-order valence-corrected chi connectivity index (χ1v) is 9.54. The predicted octanol–water partition coefficient (Wildman–Crippen LogP) is 6.29. The highest BCUT2D eigenvalue weighted by Crippen LogP contribution is 2.28. The maximum atomic E-state index is 12.3. The van der Waals surface area contributed by atoms with Crippen molar-refractivity contribution in [1.82, 2.24) is 0 Å². The first kappa shape index (κ1) is 21.3. The smallest absolute Gasteiger partial charge is 0.323 e. The van der Waals surface area contributed by atoms with Crippen molar-refractivity contribution >= 4 is 58.0 Å². The Morgan fingerprint density at radius 3 is 1.70 bits per heavy atom. The van der Waals surface area contributed by atoms with Crippen LogP contribution in [0, 0.1) is 0 Å². The number of anilines is 4.